The number of anilines is 1. The van der Waals surface area contributed by atoms with Gasteiger partial charge in [-0.1, -0.05) is 6.07 Å². The van der Waals surface area contributed by atoms with Crippen molar-refractivity contribution < 1.29 is 9.13 Å². The van der Waals surface area contributed by atoms with E-state index in [4.69, 9.17) is 9.73 Å². The first kappa shape index (κ1) is 24.4. The van der Waals surface area contributed by atoms with Crippen molar-refractivity contribution in [2.24, 2.45) is 4.99 Å². The Labute approximate surface area is 181 Å². The highest BCUT2D eigenvalue weighted by atomic mass is 19.1. The fraction of sp³-hybridized carbons (Fsp3) is 0.696. The average molecular weight is 422 g/mol. The molecule has 30 heavy (non-hydrogen) atoms. The van der Waals surface area contributed by atoms with Gasteiger partial charge in [-0.15, -0.1) is 0 Å². The van der Waals surface area contributed by atoms with Crippen molar-refractivity contribution in [1.29, 1.82) is 0 Å². The van der Waals surface area contributed by atoms with E-state index in [1.165, 1.54) is 0 Å². The zero-order chi connectivity index (χ0) is 21.8. The maximum atomic E-state index is 14.5. The molecule has 1 fully saturated rings. The van der Waals surface area contributed by atoms with Gasteiger partial charge in [0.15, 0.2) is 5.96 Å². The molecule has 0 spiro atoms. The van der Waals surface area contributed by atoms with Crippen molar-refractivity contribution in [2.75, 3.05) is 57.9 Å². The van der Waals surface area contributed by atoms with Gasteiger partial charge in [0.2, 0.25) is 0 Å². The van der Waals surface area contributed by atoms with Crippen LogP contribution >= 0.6 is 0 Å². The molecule has 0 radical (unpaired) electrons. The molecule has 1 aliphatic rings. The van der Waals surface area contributed by atoms with Gasteiger partial charge in [-0.2, -0.15) is 0 Å². The first-order valence-corrected chi connectivity index (χ1v) is 11.4. The van der Waals surface area contributed by atoms with E-state index < -0.39 is 0 Å². The van der Waals surface area contributed by atoms with E-state index in [1.807, 2.05) is 30.9 Å². The van der Waals surface area contributed by atoms with Crippen LogP contribution in [0, 0.1) is 5.82 Å². The van der Waals surface area contributed by atoms with Gasteiger partial charge in [-0.05, 0) is 57.7 Å². The van der Waals surface area contributed by atoms with Crippen LogP contribution in [0.4, 0.5) is 10.1 Å². The van der Waals surface area contributed by atoms with Gasteiger partial charge >= 0.3 is 0 Å². The third-order valence-corrected chi connectivity index (χ3v) is 5.63. The molecule has 1 heterocycles. The Balaban J connectivity index is 1.89. The van der Waals surface area contributed by atoms with Crippen molar-refractivity contribution in [1.82, 2.24) is 15.5 Å². The minimum Gasteiger partial charge on any atom is -0.385 e. The Bertz CT molecular complexity index is 642. The molecule has 7 heteroatoms. The van der Waals surface area contributed by atoms with Gasteiger partial charge in [-0.3, -0.25) is 0 Å². The van der Waals surface area contributed by atoms with Gasteiger partial charge in [0.1, 0.15) is 5.82 Å². The number of guanidine groups is 1. The zero-order valence-electron chi connectivity index (χ0n) is 19.2. The van der Waals surface area contributed by atoms with Crippen LogP contribution in [0.5, 0.6) is 0 Å². The second-order valence-electron chi connectivity index (χ2n) is 7.76. The smallest absolute Gasteiger partial charge is 0.191 e. The van der Waals surface area contributed by atoms with Crippen molar-refractivity contribution in [2.45, 2.75) is 52.6 Å². The van der Waals surface area contributed by atoms with Crippen LogP contribution in [-0.2, 0) is 11.3 Å². The Morgan fingerprint density at radius 1 is 1.23 bits per heavy atom. The molecule has 170 valence electrons. The van der Waals surface area contributed by atoms with Gasteiger partial charge < -0.3 is 25.2 Å². The highest BCUT2D eigenvalue weighted by Gasteiger charge is 2.19. The van der Waals surface area contributed by atoms with Crippen molar-refractivity contribution in [3.05, 3.63) is 29.6 Å². The van der Waals surface area contributed by atoms with Crippen LogP contribution in [0.3, 0.4) is 0 Å². The topological polar surface area (TPSA) is 52.1 Å². The Morgan fingerprint density at radius 3 is 2.57 bits per heavy atom. The minimum absolute atomic E-state index is 0.176. The fourth-order valence-electron chi connectivity index (χ4n) is 3.89. The number of hydrogen-bond donors (Lipinski definition) is 2. The minimum atomic E-state index is -0.176. The summed E-state index contributed by atoms with van der Waals surface area (Å²) in [5.74, 6) is 0.633. The summed E-state index contributed by atoms with van der Waals surface area (Å²) in [6, 6.07) is 5.87. The molecule has 1 saturated heterocycles. The van der Waals surface area contributed by atoms with E-state index in [0.29, 0.717) is 18.3 Å². The molecule has 6 nitrogen and oxygen atoms in total. The lowest BCUT2D eigenvalue weighted by atomic mass is 10.1. The average Bonchev–Trinajstić information content (AvgIpc) is 2.75. The Hall–Kier alpha value is -1.86. The van der Waals surface area contributed by atoms with Gasteiger partial charge in [-0.25, -0.2) is 9.38 Å². The number of likely N-dealkylation sites (tertiary alicyclic amines) is 1. The SMILES string of the molecule is CCNC(=NCc1ccc(N(CC)CC)c(F)c1)NC1CCN(CCCOC)CC1. The number of piperidine rings is 1. The molecule has 2 rings (SSSR count). The van der Waals surface area contributed by atoms with E-state index in [9.17, 15) is 4.39 Å². The summed E-state index contributed by atoms with van der Waals surface area (Å²) in [7, 11) is 1.76. The second kappa shape index (κ2) is 13.4. The second-order valence-corrected chi connectivity index (χ2v) is 7.76. The Morgan fingerprint density at radius 2 is 1.97 bits per heavy atom. The van der Waals surface area contributed by atoms with E-state index >= 15 is 0 Å². The maximum Gasteiger partial charge on any atom is 0.191 e. The first-order chi connectivity index (χ1) is 14.6. The molecule has 0 bridgehead atoms. The summed E-state index contributed by atoms with van der Waals surface area (Å²) >= 11 is 0. The number of benzene rings is 1. The molecule has 0 unspecified atom stereocenters. The Kier molecular flexibility index (Phi) is 10.9. The normalized spacial score (nSPS) is 16.0. The predicted molar refractivity (Wildman–Crippen MR) is 124 cm³/mol. The lowest BCUT2D eigenvalue weighted by molar-refractivity contribution is 0.155. The monoisotopic (exact) mass is 421 g/mol. The van der Waals surface area contributed by atoms with Crippen molar-refractivity contribution in [3.63, 3.8) is 0 Å². The molecule has 0 atom stereocenters. The fourth-order valence-corrected chi connectivity index (χ4v) is 3.89. The lowest BCUT2D eigenvalue weighted by Crippen LogP contribution is -2.48. The number of ether oxygens (including phenoxy) is 1. The van der Waals surface area contributed by atoms with Crippen LogP contribution in [0.15, 0.2) is 23.2 Å². The summed E-state index contributed by atoms with van der Waals surface area (Å²) in [5.41, 5.74) is 1.54. The summed E-state index contributed by atoms with van der Waals surface area (Å²) in [5, 5.41) is 6.89. The zero-order valence-corrected chi connectivity index (χ0v) is 19.2. The van der Waals surface area contributed by atoms with E-state index in [1.54, 1.807) is 13.2 Å². The van der Waals surface area contributed by atoms with E-state index in [-0.39, 0.29) is 5.82 Å². The number of nitrogens with zero attached hydrogens (tertiary/aromatic N) is 3. The van der Waals surface area contributed by atoms with Gasteiger partial charge in [0, 0.05) is 59.0 Å². The van der Waals surface area contributed by atoms with Crippen molar-refractivity contribution in [3.8, 4) is 0 Å². The van der Waals surface area contributed by atoms with E-state index in [0.717, 1.165) is 76.7 Å². The third kappa shape index (κ3) is 7.76. The third-order valence-electron chi connectivity index (χ3n) is 5.63. The lowest BCUT2D eigenvalue weighted by Gasteiger charge is -2.33. The van der Waals surface area contributed by atoms with Crippen LogP contribution in [0.25, 0.3) is 0 Å². The molecule has 0 saturated carbocycles. The molecule has 1 aromatic rings. The van der Waals surface area contributed by atoms with Crippen LogP contribution in [-0.4, -0.2) is 69.9 Å². The summed E-state index contributed by atoms with van der Waals surface area (Å²) in [6.07, 6.45) is 3.29. The summed E-state index contributed by atoms with van der Waals surface area (Å²) in [6.45, 7) is 13.1. The molecule has 0 aromatic heterocycles. The highest BCUT2D eigenvalue weighted by Crippen LogP contribution is 2.20. The number of halogens is 1. The van der Waals surface area contributed by atoms with Gasteiger partial charge in [0.25, 0.3) is 0 Å². The van der Waals surface area contributed by atoms with Crippen molar-refractivity contribution >= 4 is 11.6 Å². The number of aliphatic imine (C=N–C) groups is 1. The molecule has 1 aromatic carbocycles. The maximum absolute atomic E-state index is 14.5. The molecule has 0 aliphatic carbocycles. The number of hydrogen-bond acceptors (Lipinski definition) is 4. The molecular weight excluding hydrogens is 381 g/mol. The number of rotatable bonds is 11. The first-order valence-electron chi connectivity index (χ1n) is 11.4. The summed E-state index contributed by atoms with van der Waals surface area (Å²) in [4.78, 5) is 9.22. The number of nitrogens with one attached hydrogen (secondary N) is 2. The molecular formula is C23H40FN5O. The van der Waals surface area contributed by atoms with Crippen LogP contribution < -0.4 is 15.5 Å². The number of methoxy groups -OCH3 is 1. The van der Waals surface area contributed by atoms with Crippen LogP contribution in [0.1, 0.15) is 45.6 Å². The van der Waals surface area contributed by atoms with E-state index in [2.05, 4.69) is 22.5 Å². The largest absolute Gasteiger partial charge is 0.385 e. The quantitative estimate of drug-likeness (QED) is 0.326. The molecule has 1 aliphatic heterocycles. The standard InChI is InChI=1S/C23H40FN5O/c1-5-25-23(27-20-11-14-28(15-12-20)13-8-16-30-4)26-18-19-9-10-22(21(24)17-19)29(6-2)7-3/h9-10,17,20H,5-8,11-16,18H2,1-4H3,(H2,25,26,27). The summed E-state index contributed by atoms with van der Waals surface area (Å²) < 4.78 is 19.7. The molecule has 0 amide bonds. The van der Waals surface area contributed by atoms with Crippen LogP contribution in [0.2, 0.25) is 0 Å². The van der Waals surface area contributed by atoms with Gasteiger partial charge in [0.05, 0.1) is 12.2 Å². The molecule has 2 N–H and O–H groups in total. The predicted octanol–water partition coefficient (Wildman–Crippen LogP) is 3.23. The highest BCUT2D eigenvalue weighted by molar-refractivity contribution is 5.80.